The first-order valence-electron chi connectivity index (χ1n) is 16.7. The van der Waals surface area contributed by atoms with E-state index in [1.165, 1.54) is 29.7 Å². The molecule has 5 rings (SSSR count). The van der Waals surface area contributed by atoms with E-state index in [4.69, 9.17) is 10.7 Å². The van der Waals surface area contributed by atoms with Crippen LogP contribution in [0.4, 0.5) is 0 Å². The van der Waals surface area contributed by atoms with Crippen LogP contribution < -0.4 is 16.4 Å². The second-order valence-electron chi connectivity index (χ2n) is 13.2. The number of piperazine rings is 1. The first-order valence-corrected chi connectivity index (χ1v) is 17.8. The Labute approximate surface area is 264 Å². The van der Waals surface area contributed by atoms with Gasteiger partial charge in [0.25, 0.3) is 0 Å². The third-order valence-electron chi connectivity index (χ3n) is 9.84. The van der Waals surface area contributed by atoms with E-state index in [9.17, 15) is 4.79 Å². The molecule has 2 aromatic rings. The van der Waals surface area contributed by atoms with Crippen molar-refractivity contribution in [2.45, 2.75) is 87.2 Å². The highest BCUT2D eigenvalue weighted by Crippen LogP contribution is 2.43. The number of fused-ring (bicyclic) bond motifs is 1. The summed E-state index contributed by atoms with van der Waals surface area (Å²) < 4.78 is 0. The van der Waals surface area contributed by atoms with Gasteiger partial charge in [0, 0.05) is 50.9 Å². The number of carbonyl (C=O) groups is 1. The average molecular weight is 625 g/mol. The minimum absolute atomic E-state index is 0.0401. The van der Waals surface area contributed by atoms with Crippen molar-refractivity contribution in [1.29, 1.82) is 0 Å². The predicted molar refractivity (Wildman–Crippen MR) is 184 cm³/mol. The maximum atomic E-state index is 13.4. The number of unbranched alkanes of at least 4 members (excludes halogenated alkanes) is 1. The van der Waals surface area contributed by atoms with Crippen LogP contribution in [-0.2, 0) is 11.2 Å². The number of hydrogen-bond donors (Lipinski definition) is 3. The summed E-state index contributed by atoms with van der Waals surface area (Å²) >= 11 is 0. The molecule has 1 aliphatic heterocycles. The van der Waals surface area contributed by atoms with Crippen LogP contribution in [-0.4, -0.2) is 77.4 Å². The molecule has 7 nitrogen and oxygen atoms in total. The number of carbonyl (C=O) groups excluding carboxylic acids is 1. The monoisotopic (exact) mass is 624 g/mol. The predicted octanol–water partition coefficient (Wildman–Crippen LogP) is 4.66. The zero-order chi connectivity index (χ0) is 30.1. The van der Waals surface area contributed by atoms with Gasteiger partial charge in [0.1, 0.15) is 0 Å². The van der Waals surface area contributed by atoms with Gasteiger partial charge in [-0.2, -0.15) is 0 Å². The maximum Gasteiger partial charge on any atom is 0.223 e. The Morgan fingerprint density at radius 2 is 1.95 bits per heavy atom. The van der Waals surface area contributed by atoms with E-state index in [2.05, 4.69) is 81.4 Å². The number of nitrogens with zero attached hydrogens (tertiary/aromatic N) is 3. The summed E-state index contributed by atoms with van der Waals surface area (Å²) in [6.07, 6.45) is 12.7. The molecule has 0 spiro atoms. The normalized spacial score (nSPS) is 23.5. The number of amides is 1. The third kappa shape index (κ3) is 9.52. The molecular weight excluding hydrogens is 570 g/mol. The number of hydrogen-bond acceptors (Lipinski definition) is 6. The largest absolute Gasteiger partial charge is 0.349 e. The van der Waals surface area contributed by atoms with Crippen LogP contribution >= 0.6 is 18.5 Å². The lowest BCUT2D eigenvalue weighted by molar-refractivity contribution is -0.126. The van der Waals surface area contributed by atoms with Gasteiger partial charge in [-0.25, -0.2) is 0 Å². The summed E-state index contributed by atoms with van der Waals surface area (Å²) in [4.78, 5) is 23.8. The summed E-state index contributed by atoms with van der Waals surface area (Å²) in [5.41, 5.74) is 9.79. The standard InChI is InChI=1S/C34H54N6OP2/c35-18-4-5-21-40(31-12-6-10-27-11-7-19-37-32(27)31)25-29-24-39(23-20-36-29)22-15-30(26-8-2-1-3-9-26)38-33(41)28-13-16-34(42,43)17-14-28/h1-3,7-9,11,19,28-31,36H,4-6,10,12-18,20-25,35,42-43H2,(H,38,41)/t29-,30-,31+/m1/s1. The van der Waals surface area contributed by atoms with Crippen LogP contribution in [0.25, 0.3) is 0 Å². The van der Waals surface area contributed by atoms with Crippen molar-refractivity contribution >= 4 is 24.4 Å². The number of pyridine rings is 1. The average Bonchev–Trinajstić information content (AvgIpc) is 3.03. The quantitative estimate of drug-likeness (QED) is 0.222. The first-order chi connectivity index (χ1) is 20.9. The van der Waals surface area contributed by atoms with E-state index < -0.39 is 0 Å². The summed E-state index contributed by atoms with van der Waals surface area (Å²) in [5.74, 6) is 0.348. The SMILES string of the molecule is NCCCCN(C[C@H]1CN(CC[C@@H](NC(=O)C2CCC(P)(P)CC2)c2ccccc2)CCN1)[C@H]1CCCc2cccnc21. The van der Waals surface area contributed by atoms with Crippen molar-refractivity contribution in [3.63, 3.8) is 0 Å². The summed E-state index contributed by atoms with van der Waals surface area (Å²) in [6.45, 7) is 6.88. The van der Waals surface area contributed by atoms with Crippen molar-refractivity contribution in [3.05, 3.63) is 65.5 Å². The van der Waals surface area contributed by atoms with Crippen LogP contribution in [0.3, 0.4) is 0 Å². The zero-order valence-electron chi connectivity index (χ0n) is 25.9. The van der Waals surface area contributed by atoms with E-state index in [0.717, 1.165) is 97.2 Å². The molecule has 1 amide bonds. The van der Waals surface area contributed by atoms with Crippen LogP contribution in [0.2, 0.25) is 0 Å². The molecule has 9 heteroatoms. The van der Waals surface area contributed by atoms with Gasteiger partial charge in [-0.05, 0) is 99.4 Å². The number of benzene rings is 1. The topological polar surface area (TPSA) is 86.5 Å². The molecule has 43 heavy (non-hydrogen) atoms. The first kappa shape index (κ1) is 32.9. The van der Waals surface area contributed by atoms with Crippen molar-refractivity contribution in [3.8, 4) is 0 Å². The van der Waals surface area contributed by atoms with E-state index >= 15 is 0 Å². The fourth-order valence-electron chi connectivity index (χ4n) is 7.30. The molecule has 2 unspecified atom stereocenters. The lowest BCUT2D eigenvalue weighted by Gasteiger charge is -2.41. The second-order valence-corrected chi connectivity index (χ2v) is 16.1. The Balaban J connectivity index is 1.20. The minimum atomic E-state index is 0.0401. The molecule has 2 heterocycles. The molecule has 0 radical (unpaired) electrons. The molecule has 2 fully saturated rings. The van der Waals surface area contributed by atoms with Gasteiger partial charge in [0.05, 0.1) is 17.8 Å². The third-order valence-corrected chi connectivity index (χ3v) is 11.0. The summed E-state index contributed by atoms with van der Waals surface area (Å²) in [5, 5.41) is 7.31. The number of rotatable bonds is 13. The second kappa shape index (κ2) is 16.2. The van der Waals surface area contributed by atoms with Gasteiger partial charge < -0.3 is 21.3 Å². The maximum absolute atomic E-state index is 13.4. The van der Waals surface area contributed by atoms with Crippen molar-refractivity contribution in [2.24, 2.45) is 11.7 Å². The van der Waals surface area contributed by atoms with Gasteiger partial charge in [-0.15, -0.1) is 18.5 Å². The molecule has 1 saturated heterocycles. The van der Waals surface area contributed by atoms with Gasteiger partial charge >= 0.3 is 0 Å². The molecular formula is C34H54N6OP2. The molecule has 1 aromatic carbocycles. The van der Waals surface area contributed by atoms with Crippen LogP contribution in [0, 0.1) is 5.92 Å². The van der Waals surface area contributed by atoms with Gasteiger partial charge in [-0.1, -0.05) is 36.4 Å². The van der Waals surface area contributed by atoms with Gasteiger partial charge in [0.2, 0.25) is 5.91 Å². The zero-order valence-corrected chi connectivity index (χ0v) is 28.2. The Kier molecular flexibility index (Phi) is 12.4. The molecule has 1 aromatic heterocycles. The number of aromatic nitrogens is 1. The summed E-state index contributed by atoms with van der Waals surface area (Å²) in [6, 6.07) is 15.7. The highest BCUT2D eigenvalue weighted by molar-refractivity contribution is 7.39. The van der Waals surface area contributed by atoms with Crippen LogP contribution in [0.1, 0.15) is 86.7 Å². The molecule has 5 atom stereocenters. The van der Waals surface area contributed by atoms with Crippen molar-refractivity contribution in [1.82, 2.24) is 25.4 Å². The Bertz CT molecular complexity index is 1140. The number of nitrogens with one attached hydrogen (secondary N) is 2. The van der Waals surface area contributed by atoms with Crippen molar-refractivity contribution < 1.29 is 4.79 Å². The lowest BCUT2D eigenvalue weighted by atomic mass is 9.87. The van der Waals surface area contributed by atoms with E-state index in [1.807, 2.05) is 6.20 Å². The highest BCUT2D eigenvalue weighted by Gasteiger charge is 2.33. The van der Waals surface area contributed by atoms with Crippen LogP contribution in [0.5, 0.6) is 0 Å². The lowest BCUT2D eigenvalue weighted by Crippen LogP contribution is -2.55. The van der Waals surface area contributed by atoms with Crippen LogP contribution in [0.15, 0.2) is 48.7 Å². The number of aryl methyl sites for hydroxylation is 1. The Morgan fingerprint density at radius 1 is 1.14 bits per heavy atom. The molecule has 0 bridgehead atoms. The molecule has 2 aliphatic carbocycles. The number of nitrogens with two attached hydrogens (primary N) is 1. The molecule has 3 aliphatic rings. The van der Waals surface area contributed by atoms with Gasteiger partial charge in [-0.3, -0.25) is 14.7 Å². The van der Waals surface area contributed by atoms with E-state index in [0.29, 0.717) is 12.1 Å². The van der Waals surface area contributed by atoms with E-state index in [1.54, 1.807) is 0 Å². The molecule has 236 valence electrons. The summed E-state index contributed by atoms with van der Waals surface area (Å²) in [7, 11) is 5.93. The Hall–Kier alpha value is -1.46. The smallest absolute Gasteiger partial charge is 0.223 e. The fraction of sp³-hybridized carbons (Fsp3) is 0.647. The fourth-order valence-corrected chi connectivity index (χ4v) is 7.97. The van der Waals surface area contributed by atoms with Gasteiger partial charge in [0.15, 0.2) is 0 Å². The van der Waals surface area contributed by atoms with Crippen molar-refractivity contribution in [2.75, 3.05) is 45.8 Å². The van der Waals surface area contributed by atoms with E-state index in [-0.39, 0.29) is 22.8 Å². The minimum Gasteiger partial charge on any atom is -0.349 e. The Morgan fingerprint density at radius 3 is 2.74 bits per heavy atom. The molecule has 4 N–H and O–H groups in total. The molecule has 1 saturated carbocycles. The highest BCUT2D eigenvalue weighted by atomic mass is 31.1.